The highest BCUT2D eigenvalue weighted by Crippen LogP contribution is 2.36. The maximum Gasteiger partial charge on any atom is 0.269 e. The third kappa shape index (κ3) is 4.52. The van der Waals surface area contributed by atoms with E-state index >= 15 is 0 Å². The van der Waals surface area contributed by atoms with E-state index in [4.69, 9.17) is 0 Å². The van der Waals surface area contributed by atoms with Crippen LogP contribution >= 0.6 is 0 Å². The van der Waals surface area contributed by atoms with Gasteiger partial charge in [0, 0.05) is 41.0 Å². The van der Waals surface area contributed by atoms with E-state index in [1.54, 1.807) is 48.9 Å². The van der Waals surface area contributed by atoms with Gasteiger partial charge in [-0.2, -0.15) is 5.26 Å². The second kappa shape index (κ2) is 9.80. The van der Waals surface area contributed by atoms with Gasteiger partial charge in [-0.3, -0.25) is 4.98 Å². The Balaban J connectivity index is 1.50. The van der Waals surface area contributed by atoms with Gasteiger partial charge in [-0.25, -0.2) is 17.4 Å². The van der Waals surface area contributed by atoms with Crippen LogP contribution < -0.4 is 5.32 Å². The van der Waals surface area contributed by atoms with E-state index in [9.17, 15) is 13.7 Å². The van der Waals surface area contributed by atoms with E-state index in [2.05, 4.69) is 33.3 Å². The van der Waals surface area contributed by atoms with Crippen molar-refractivity contribution in [1.82, 2.24) is 18.8 Å². The Labute approximate surface area is 227 Å². The van der Waals surface area contributed by atoms with Gasteiger partial charge in [0.15, 0.2) is 5.65 Å². The maximum absolute atomic E-state index is 13.7. The molecule has 0 saturated carbocycles. The van der Waals surface area contributed by atoms with Crippen LogP contribution in [0.4, 0.5) is 5.69 Å². The average Bonchev–Trinajstić information content (AvgIpc) is 3.35. The molecule has 8 nitrogen and oxygen atoms in total. The molecule has 0 bridgehead atoms. The van der Waals surface area contributed by atoms with Gasteiger partial charge in [-0.1, -0.05) is 23.8 Å². The molecule has 0 radical (unpaired) electrons. The van der Waals surface area contributed by atoms with E-state index in [1.165, 1.54) is 3.97 Å². The van der Waals surface area contributed by atoms with Crippen LogP contribution in [0, 0.1) is 18.3 Å². The number of pyridine rings is 2. The van der Waals surface area contributed by atoms with Crippen molar-refractivity contribution in [3.05, 3.63) is 84.3 Å². The number of nitrogens with zero attached hydrogens (tertiary/aromatic N) is 5. The zero-order valence-corrected chi connectivity index (χ0v) is 22.6. The minimum atomic E-state index is -3.87. The fourth-order valence-electron chi connectivity index (χ4n) is 5.23. The monoisotopic (exact) mass is 536 g/mol. The van der Waals surface area contributed by atoms with E-state index in [0.29, 0.717) is 11.2 Å². The fraction of sp³-hybridized carbons (Fsp3) is 0.233. The number of hydrogen-bond acceptors (Lipinski definition) is 7. The largest absolute Gasteiger partial charge is 0.381 e. The predicted octanol–water partition coefficient (Wildman–Crippen LogP) is 5.17. The lowest BCUT2D eigenvalue weighted by Crippen LogP contribution is -2.36. The van der Waals surface area contributed by atoms with Gasteiger partial charge >= 0.3 is 0 Å². The average molecular weight is 537 g/mol. The number of fused-ring (bicyclic) bond motifs is 2. The van der Waals surface area contributed by atoms with E-state index in [-0.39, 0.29) is 10.9 Å². The van der Waals surface area contributed by atoms with Crippen molar-refractivity contribution < 1.29 is 8.42 Å². The van der Waals surface area contributed by atoms with Gasteiger partial charge in [0.05, 0.1) is 21.7 Å². The number of nitriles is 1. The molecule has 1 saturated heterocycles. The Morgan fingerprint density at radius 1 is 1.03 bits per heavy atom. The van der Waals surface area contributed by atoms with Crippen molar-refractivity contribution in [2.24, 2.45) is 0 Å². The van der Waals surface area contributed by atoms with Crippen molar-refractivity contribution in [2.45, 2.75) is 30.7 Å². The van der Waals surface area contributed by atoms with E-state index < -0.39 is 10.0 Å². The number of likely N-dealkylation sites (tertiary alicyclic amines) is 1. The fourth-order valence-corrected chi connectivity index (χ4v) is 6.55. The van der Waals surface area contributed by atoms with Gasteiger partial charge in [-0.05, 0) is 81.9 Å². The Kier molecular flexibility index (Phi) is 6.29. The first-order valence-electron chi connectivity index (χ1n) is 12.9. The first-order chi connectivity index (χ1) is 18.8. The molecule has 5 aromatic rings. The number of nitrogens with one attached hydrogen (secondary N) is 1. The molecular formula is C30H28N6O2S. The standard InChI is InChI=1S/C30H28N6O2S/c1-20-5-8-24(9-6-20)39(37,38)36-19-27(25-4-3-13-32-30(25)36)21-7-10-28-26(16-21)29(22(17-31)18-33-28)34-23-11-14-35(2)15-12-23/h3-10,13,16,18-19,23H,11-12,14-15H2,1-2H3,(H,33,34). The molecule has 9 heteroatoms. The summed E-state index contributed by atoms with van der Waals surface area (Å²) >= 11 is 0. The van der Waals surface area contributed by atoms with E-state index in [1.807, 2.05) is 31.2 Å². The third-order valence-electron chi connectivity index (χ3n) is 7.48. The molecule has 1 aliphatic heterocycles. The number of hydrogen-bond donors (Lipinski definition) is 1. The van der Waals surface area contributed by atoms with Crippen LogP contribution in [0.3, 0.4) is 0 Å². The van der Waals surface area contributed by atoms with Crippen LogP contribution in [0.2, 0.25) is 0 Å². The highest BCUT2D eigenvalue weighted by Gasteiger charge is 2.24. The summed E-state index contributed by atoms with van der Waals surface area (Å²) in [5.74, 6) is 0. The normalized spacial score (nSPS) is 15.0. The summed E-state index contributed by atoms with van der Waals surface area (Å²) in [6.45, 7) is 3.91. The number of piperidine rings is 1. The molecule has 1 N–H and O–H groups in total. The highest BCUT2D eigenvalue weighted by molar-refractivity contribution is 7.90. The summed E-state index contributed by atoms with van der Waals surface area (Å²) in [4.78, 5) is 11.5. The minimum absolute atomic E-state index is 0.202. The lowest BCUT2D eigenvalue weighted by atomic mass is 10.00. The molecule has 3 aromatic heterocycles. The van der Waals surface area contributed by atoms with Crippen LogP contribution in [-0.4, -0.2) is 53.4 Å². The molecule has 1 fully saturated rings. The molecule has 196 valence electrons. The number of anilines is 1. The first kappa shape index (κ1) is 25.0. The van der Waals surface area contributed by atoms with Gasteiger partial charge in [0.25, 0.3) is 10.0 Å². The molecule has 0 amide bonds. The van der Waals surface area contributed by atoms with Crippen LogP contribution in [-0.2, 0) is 10.0 Å². The Morgan fingerprint density at radius 3 is 2.54 bits per heavy atom. The highest BCUT2D eigenvalue weighted by atomic mass is 32.2. The minimum Gasteiger partial charge on any atom is -0.381 e. The number of aromatic nitrogens is 3. The van der Waals surface area contributed by atoms with Gasteiger partial charge in [0.1, 0.15) is 6.07 Å². The molecule has 0 spiro atoms. The summed E-state index contributed by atoms with van der Waals surface area (Å²) in [5.41, 5.74) is 4.93. The Bertz CT molecular complexity index is 1850. The molecule has 4 heterocycles. The Morgan fingerprint density at radius 2 is 1.79 bits per heavy atom. The lowest BCUT2D eigenvalue weighted by molar-refractivity contribution is 0.264. The van der Waals surface area contributed by atoms with Crippen LogP contribution in [0.15, 0.2) is 78.1 Å². The number of benzene rings is 2. The number of rotatable bonds is 5. The molecule has 0 atom stereocenters. The summed E-state index contributed by atoms with van der Waals surface area (Å²) in [7, 11) is -1.75. The van der Waals surface area contributed by atoms with Crippen molar-refractivity contribution in [2.75, 3.05) is 25.5 Å². The molecule has 2 aromatic carbocycles. The lowest BCUT2D eigenvalue weighted by Gasteiger charge is -2.30. The molecule has 0 aliphatic carbocycles. The quantitative estimate of drug-likeness (QED) is 0.330. The smallest absolute Gasteiger partial charge is 0.269 e. The molecular weight excluding hydrogens is 508 g/mol. The topological polar surface area (TPSA) is 104 Å². The van der Waals surface area contributed by atoms with Crippen molar-refractivity contribution >= 4 is 37.6 Å². The van der Waals surface area contributed by atoms with Crippen molar-refractivity contribution in [1.29, 1.82) is 5.26 Å². The Hall–Kier alpha value is -4.26. The third-order valence-corrected chi connectivity index (χ3v) is 9.14. The van der Waals surface area contributed by atoms with Gasteiger partial charge in [0.2, 0.25) is 0 Å². The summed E-state index contributed by atoms with van der Waals surface area (Å²) in [6.07, 6.45) is 6.82. The SMILES string of the molecule is Cc1ccc(S(=O)(=O)n2cc(-c3ccc4ncc(C#N)c(NC5CCN(C)CC5)c4c3)c3cccnc32)cc1. The molecule has 39 heavy (non-hydrogen) atoms. The van der Waals surface area contributed by atoms with Gasteiger partial charge < -0.3 is 10.2 Å². The van der Waals surface area contributed by atoms with Crippen LogP contribution in [0.25, 0.3) is 33.1 Å². The zero-order valence-electron chi connectivity index (χ0n) is 21.8. The number of aryl methyl sites for hydroxylation is 1. The summed E-state index contributed by atoms with van der Waals surface area (Å²) < 4.78 is 28.6. The molecule has 1 aliphatic rings. The van der Waals surface area contributed by atoms with E-state index in [0.717, 1.165) is 64.6 Å². The van der Waals surface area contributed by atoms with Gasteiger partial charge in [-0.15, -0.1) is 0 Å². The second-order valence-corrected chi connectivity index (χ2v) is 12.0. The maximum atomic E-state index is 13.7. The zero-order chi connectivity index (χ0) is 27.1. The van der Waals surface area contributed by atoms with Crippen molar-refractivity contribution in [3.8, 4) is 17.2 Å². The molecule has 0 unspecified atom stereocenters. The second-order valence-electron chi connectivity index (χ2n) is 10.1. The summed E-state index contributed by atoms with van der Waals surface area (Å²) in [6, 6.07) is 18.9. The van der Waals surface area contributed by atoms with Crippen molar-refractivity contribution in [3.63, 3.8) is 0 Å². The van der Waals surface area contributed by atoms with Crippen LogP contribution in [0.5, 0.6) is 0 Å². The first-order valence-corrected chi connectivity index (χ1v) is 14.4. The predicted molar refractivity (Wildman–Crippen MR) is 153 cm³/mol. The molecule has 6 rings (SSSR count). The van der Waals surface area contributed by atoms with Crippen LogP contribution in [0.1, 0.15) is 24.0 Å². The summed E-state index contributed by atoms with van der Waals surface area (Å²) in [5, 5.41) is 15.1.